The van der Waals surface area contributed by atoms with Gasteiger partial charge in [0.1, 0.15) is 0 Å². The van der Waals surface area contributed by atoms with Crippen molar-refractivity contribution in [2.45, 2.75) is 11.8 Å². The number of hydrogen-bond donors (Lipinski definition) is 0. The van der Waals surface area contributed by atoms with Gasteiger partial charge in [0, 0.05) is 32.7 Å². The average molecular weight is 356 g/mol. The number of aryl methyl sites for hydroxylation is 1. The summed E-state index contributed by atoms with van der Waals surface area (Å²) in [5.41, 5.74) is 1.99. The molecule has 132 valence electrons. The molecule has 0 aromatic heterocycles. The second kappa shape index (κ2) is 7.95. The largest absolute Gasteiger partial charge is 0.297 e. The van der Waals surface area contributed by atoms with Crippen LogP contribution in [0.15, 0.2) is 65.6 Å². The van der Waals surface area contributed by atoms with Crippen LogP contribution in [0.25, 0.3) is 6.08 Å². The zero-order valence-corrected chi connectivity index (χ0v) is 15.3. The molecule has 3 rings (SSSR count). The molecule has 1 aliphatic rings. The van der Waals surface area contributed by atoms with Crippen molar-refractivity contribution in [1.82, 2.24) is 9.21 Å². The minimum absolute atomic E-state index is 0.424. The van der Waals surface area contributed by atoms with Gasteiger partial charge in [-0.2, -0.15) is 4.31 Å². The zero-order chi connectivity index (χ0) is 17.7. The fourth-order valence-corrected chi connectivity index (χ4v) is 4.69. The van der Waals surface area contributed by atoms with Gasteiger partial charge in [0.05, 0.1) is 4.90 Å². The summed E-state index contributed by atoms with van der Waals surface area (Å²) >= 11 is 0. The molecule has 2 aromatic carbocycles. The normalized spacial score (nSPS) is 17.2. The van der Waals surface area contributed by atoms with Crippen LogP contribution in [0.4, 0.5) is 0 Å². The first-order valence-electron chi connectivity index (χ1n) is 8.57. The number of nitrogens with zero attached hydrogens (tertiary/aromatic N) is 2. The molecule has 5 heteroatoms. The summed E-state index contributed by atoms with van der Waals surface area (Å²) in [6.07, 6.45) is 4.25. The second-order valence-corrected chi connectivity index (χ2v) is 8.19. The van der Waals surface area contributed by atoms with Crippen LogP contribution < -0.4 is 0 Å². The van der Waals surface area contributed by atoms with Crippen molar-refractivity contribution in [1.29, 1.82) is 0 Å². The van der Waals surface area contributed by atoms with E-state index < -0.39 is 10.0 Å². The van der Waals surface area contributed by atoms with Crippen LogP contribution in [0.1, 0.15) is 11.1 Å². The van der Waals surface area contributed by atoms with Crippen LogP contribution in [0.2, 0.25) is 0 Å². The second-order valence-electron chi connectivity index (χ2n) is 6.28. The van der Waals surface area contributed by atoms with Crippen LogP contribution in [-0.2, 0) is 10.0 Å². The molecule has 1 fully saturated rings. The van der Waals surface area contributed by atoms with Crippen molar-refractivity contribution >= 4 is 16.1 Å². The molecule has 1 heterocycles. The maximum Gasteiger partial charge on any atom is 0.243 e. The van der Waals surface area contributed by atoms with E-state index in [1.54, 1.807) is 16.4 Å². The lowest BCUT2D eigenvalue weighted by Crippen LogP contribution is -2.48. The molecule has 0 unspecified atom stereocenters. The first-order valence-corrected chi connectivity index (χ1v) is 10.0. The molecule has 0 atom stereocenters. The first-order chi connectivity index (χ1) is 12.1. The van der Waals surface area contributed by atoms with Gasteiger partial charge >= 0.3 is 0 Å². The quantitative estimate of drug-likeness (QED) is 0.827. The Morgan fingerprint density at radius 1 is 0.920 bits per heavy atom. The summed E-state index contributed by atoms with van der Waals surface area (Å²) in [7, 11) is -3.39. The Morgan fingerprint density at radius 2 is 1.56 bits per heavy atom. The van der Waals surface area contributed by atoms with Gasteiger partial charge in [0.15, 0.2) is 0 Å². The molecule has 0 aliphatic carbocycles. The lowest BCUT2D eigenvalue weighted by atomic mass is 10.2. The Balaban J connectivity index is 1.57. The van der Waals surface area contributed by atoms with Crippen molar-refractivity contribution in [3.8, 4) is 0 Å². The highest BCUT2D eigenvalue weighted by Crippen LogP contribution is 2.20. The van der Waals surface area contributed by atoms with Gasteiger partial charge in [-0.25, -0.2) is 8.42 Å². The Bertz CT molecular complexity index is 824. The third-order valence-corrected chi connectivity index (χ3v) is 6.58. The Morgan fingerprint density at radius 3 is 2.24 bits per heavy atom. The molecule has 0 N–H and O–H groups in total. The smallest absolute Gasteiger partial charge is 0.243 e. The molecular formula is C20H24N2O2S. The van der Waals surface area contributed by atoms with E-state index in [0.717, 1.165) is 25.2 Å². The maximum atomic E-state index is 12.8. The SMILES string of the molecule is Cc1ccccc1S(=O)(=O)N1CCN(C/C=C/c2ccccc2)CC1. The summed E-state index contributed by atoms with van der Waals surface area (Å²) in [6.45, 7) is 5.27. The third-order valence-electron chi connectivity index (χ3n) is 4.52. The molecular weight excluding hydrogens is 332 g/mol. The van der Waals surface area contributed by atoms with Crippen LogP contribution >= 0.6 is 0 Å². The monoisotopic (exact) mass is 356 g/mol. The van der Waals surface area contributed by atoms with Crippen LogP contribution in [0.5, 0.6) is 0 Å². The predicted molar refractivity (Wildman–Crippen MR) is 102 cm³/mol. The summed E-state index contributed by atoms with van der Waals surface area (Å²) in [5.74, 6) is 0. The van der Waals surface area contributed by atoms with Gasteiger partial charge in [0.25, 0.3) is 0 Å². The number of rotatable bonds is 5. The summed E-state index contributed by atoms with van der Waals surface area (Å²) in [5, 5.41) is 0. The first kappa shape index (κ1) is 17.9. The topological polar surface area (TPSA) is 40.6 Å². The highest BCUT2D eigenvalue weighted by atomic mass is 32.2. The highest BCUT2D eigenvalue weighted by molar-refractivity contribution is 7.89. The standard InChI is InChI=1S/C20H24N2O2S/c1-18-8-5-6-12-20(18)25(23,24)22-16-14-21(15-17-22)13-7-11-19-9-3-2-4-10-19/h2-12H,13-17H2,1H3/b11-7+. The van der Waals surface area contributed by atoms with E-state index >= 15 is 0 Å². The lowest BCUT2D eigenvalue weighted by molar-refractivity contribution is 0.204. The molecule has 0 spiro atoms. The van der Waals surface area contributed by atoms with Crippen molar-refractivity contribution in [3.63, 3.8) is 0 Å². The number of hydrogen-bond acceptors (Lipinski definition) is 3. The molecule has 4 nitrogen and oxygen atoms in total. The van der Waals surface area contributed by atoms with Gasteiger partial charge in [-0.3, -0.25) is 4.90 Å². The van der Waals surface area contributed by atoms with E-state index in [9.17, 15) is 8.42 Å². The average Bonchev–Trinajstić information content (AvgIpc) is 2.63. The van der Waals surface area contributed by atoms with E-state index in [1.807, 2.05) is 37.3 Å². The molecule has 1 aliphatic heterocycles. The maximum absolute atomic E-state index is 12.8. The fraction of sp³-hybridized carbons (Fsp3) is 0.300. The minimum atomic E-state index is -3.39. The van der Waals surface area contributed by atoms with Gasteiger partial charge in [-0.05, 0) is 24.1 Å². The van der Waals surface area contributed by atoms with Crippen molar-refractivity contribution in [3.05, 3.63) is 71.8 Å². The Kier molecular flexibility index (Phi) is 5.68. The highest BCUT2D eigenvalue weighted by Gasteiger charge is 2.28. The van der Waals surface area contributed by atoms with Gasteiger partial charge in [-0.15, -0.1) is 0 Å². The number of sulfonamides is 1. The minimum Gasteiger partial charge on any atom is -0.297 e. The summed E-state index contributed by atoms with van der Waals surface area (Å²) in [4.78, 5) is 2.70. The van der Waals surface area contributed by atoms with E-state index in [0.29, 0.717) is 18.0 Å². The van der Waals surface area contributed by atoms with Crippen LogP contribution in [0, 0.1) is 6.92 Å². The zero-order valence-electron chi connectivity index (χ0n) is 14.5. The third kappa shape index (κ3) is 4.37. The summed E-state index contributed by atoms with van der Waals surface area (Å²) in [6, 6.07) is 17.4. The fourth-order valence-electron chi connectivity index (χ4n) is 3.04. The number of benzene rings is 2. The van der Waals surface area contributed by atoms with E-state index in [4.69, 9.17) is 0 Å². The molecule has 0 radical (unpaired) electrons. The van der Waals surface area contributed by atoms with Crippen molar-refractivity contribution in [2.24, 2.45) is 0 Å². The van der Waals surface area contributed by atoms with E-state index in [2.05, 4.69) is 29.2 Å². The number of piperazine rings is 1. The van der Waals surface area contributed by atoms with Crippen LogP contribution in [0.3, 0.4) is 0 Å². The molecule has 1 saturated heterocycles. The van der Waals surface area contributed by atoms with Gasteiger partial charge in [0.2, 0.25) is 10.0 Å². The Labute approximate surface area is 150 Å². The molecule has 0 saturated carbocycles. The van der Waals surface area contributed by atoms with Crippen molar-refractivity contribution in [2.75, 3.05) is 32.7 Å². The predicted octanol–water partition coefficient (Wildman–Crippen LogP) is 3.01. The van der Waals surface area contributed by atoms with Crippen molar-refractivity contribution < 1.29 is 8.42 Å². The summed E-state index contributed by atoms with van der Waals surface area (Å²) < 4.78 is 27.2. The molecule has 0 amide bonds. The molecule has 2 aromatic rings. The van der Waals surface area contributed by atoms with Crippen LogP contribution in [-0.4, -0.2) is 50.3 Å². The Hall–Kier alpha value is -1.95. The van der Waals surface area contributed by atoms with Gasteiger partial charge in [-0.1, -0.05) is 60.7 Å². The lowest BCUT2D eigenvalue weighted by Gasteiger charge is -2.33. The van der Waals surface area contributed by atoms with Gasteiger partial charge < -0.3 is 0 Å². The van der Waals surface area contributed by atoms with E-state index in [-0.39, 0.29) is 0 Å². The molecule has 0 bridgehead atoms. The molecule has 25 heavy (non-hydrogen) atoms. The van der Waals surface area contributed by atoms with E-state index in [1.165, 1.54) is 5.56 Å².